The summed E-state index contributed by atoms with van der Waals surface area (Å²) in [5.74, 6) is -5.02. The van der Waals surface area contributed by atoms with Crippen LogP contribution < -0.4 is 5.32 Å². The minimum absolute atomic E-state index is 0. The van der Waals surface area contributed by atoms with Crippen LogP contribution >= 0.6 is 0 Å². The molecular weight excluding hydrogens is 427 g/mol. The van der Waals surface area contributed by atoms with Gasteiger partial charge in [0.05, 0.1) is 18.9 Å². The van der Waals surface area contributed by atoms with Crippen molar-refractivity contribution >= 4 is 57.6 Å². The summed E-state index contributed by atoms with van der Waals surface area (Å²) >= 11 is 0. The van der Waals surface area contributed by atoms with Gasteiger partial charge in [0.1, 0.15) is 5.25 Å². The Labute approximate surface area is 189 Å². The molecule has 2 atom stereocenters. The molecule has 29 heavy (non-hydrogen) atoms. The van der Waals surface area contributed by atoms with E-state index >= 15 is 0 Å². The zero-order valence-electron chi connectivity index (χ0n) is 15.2. The summed E-state index contributed by atoms with van der Waals surface area (Å²) in [6.45, 7) is 4.63. The van der Waals surface area contributed by atoms with Crippen molar-refractivity contribution in [1.82, 2.24) is 10.2 Å². The SMILES string of the molecule is CC(O)C(CN1CCNCC1)S(=O)(=O)O.O=C(O)CC(O)(CC(=O)O)C(=O)O.[NaH]. The Hall–Kier alpha value is -0.840. The molecule has 166 valence electrons. The van der Waals surface area contributed by atoms with E-state index in [2.05, 4.69) is 5.32 Å². The fourth-order valence-electron chi connectivity index (χ4n) is 2.36. The first-order valence-electron chi connectivity index (χ1n) is 8.16. The van der Waals surface area contributed by atoms with E-state index < -0.39 is 57.8 Å². The van der Waals surface area contributed by atoms with Crippen molar-refractivity contribution in [3.63, 3.8) is 0 Å². The standard InChI is InChI=1S/C8H18N2O4S.C6H8O7.Na.H/c1-7(11)8(15(12,13)14)6-10-4-2-9-3-5-10;7-3(8)1-6(13,5(11)12)2-4(9)10;;/h7-9,11H,2-6H2,1H3,(H,12,13,14);13H,1-2H2,(H,7,8)(H,9,10)(H,11,12);;. The van der Waals surface area contributed by atoms with Crippen molar-refractivity contribution in [3.05, 3.63) is 0 Å². The molecule has 0 aromatic rings. The molecule has 15 heteroatoms. The number of carbonyl (C=O) groups is 3. The molecule has 0 radical (unpaired) electrons. The third-order valence-electron chi connectivity index (χ3n) is 3.85. The maximum atomic E-state index is 11.0. The number of aliphatic hydroxyl groups excluding tert-OH is 1. The molecule has 2 unspecified atom stereocenters. The van der Waals surface area contributed by atoms with Crippen LogP contribution in [0.25, 0.3) is 0 Å². The maximum absolute atomic E-state index is 11.0. The van der Waals surface area contributed by atoms with Crippen LogP contribution in [-0.4, -0.2) is 141 Å². The van der Waals surface area contributed by atoms with Gasteiger partial charge in [0.25, 0.3) is 10.1 Å². The monoisotopic (exact) mass is 454 g/mol. The zero-order valence-corrected chi connectivity index (χ0v) is 16.0. The fourth-order valence-corrected chi connectivity index (χ4v) is 3.25. The molecule has 1 aliphatic rings. The van der Waals surface area contributed by atoms with E-state index in [4.69, 9.17) is 25.0 Å². The Morgan fingerprint density at radius 2 is 1.48 bits per heavy atom. The minimum atomic E-state index is -4.18. The van der Waals surface area contributed by atoms with Crippen LogP contribution in [0.4, 0.5) is 0 Å². The van der Waals surface area contributed by atoms with Gasteiger partial charge in [-0.2, -0.15) is 8.42 Å². The van der Waals surface area contributed by atoms with Gasteiger partial charge in [-0.1, -0.05) is 0 Å². The number of nitrogens with one attached hydrogen (secondary N) is 1. The van der Waals surface area contributed by atoms with Gasteiger partial charge in [-0.05, 0) is 6.92 Å². The number of carboxylic acid groups (broad SMARTS) is 3. The van der Waals surface area contributed by atoms with E-state index in [1.807, 2.05) is 4.90 Å². The first-order valence-corrected chi connectivity index (χ1v) is 9.66. The number of hydrogen-bond acceptors (Lipinski definition) is 9. The number of carboxylic acids is 3. The number of aliphatic carboxylic acids is 3. The van der Waals surface area contributed by atoms with Crippen molar-refractivity contribution in [2.75, 3.05) is 32.7 Å². The zero-order chi connectivity index (χ0) is 22.1. The van der Waals surface area contributed by atoms with Gasteiger partial charge in [-0.15, -0.1) is 0 Å². The normalized spacial score (nSPS) is 17.1. The molecule has 0 amide bonds. The van der Waals surface area contributed by atoms with Crippen LogP contribution in [0.2, 0.25) is 0 Å². The summed E-state index contributed by atoms with van der Waals surface area (Å²) in [7, 11) is -4.18. The number of piperazine rings is 1. The molecule has 1 heterocycles. The van der Waals surface area contributed by atoms with E-state index in [0.717, 1.165) is 26.2 Å². The topological polar surface area (TPSA) is 222 Å². The summed E-state index contributed by atoms with van der Waals surface area (Å²) in [5.41, 5.74) is -2.74. The van der Waals surface area contributed by atoms with E-state index in [1.165, 1.54) is 6.92 Å². The van der Waals surface area contributed by atoms with Crippen LogP contribution in [0.15, 0.2) is 0 Å². The van der Waals surface area contributed by atoms with Crippen molar-refractivity contribution < 1.29 is 52.9 Å². The molecule has 0 bridgehead atoms. The van der Waals surface area contributed by atoms with E-state index in [9.17, 15) is 27.9 Å². The van der Waals surface area contributed by atoms with Crippen LogP contribution in [0.5, 0.6) is 0 Å². The van der Waals surface area contributed by atoms with Crippen molar-refractivity contribution in [2.45, 2.75) is 36.7 Å². The number of hydrogen-bond donors (Lipinski definition) is 7. The quantitative estimate of drug-likeness (QED) is 0.134. The number of nitrogens with zero attached hydrogens (tertiary/aromatic N) is 1. The Kier molecular flexibility index (Phi) is 14.1. The molecule has 1 fully saturated rings. The van der Waals surface area contributed by atoms with Gasteiger partial charge >= 0.3 is 47.5 Å². The summed E-state index contributed by atoms with van der Waals surface area (Å²) in [6, 6.07) is 0. The Morgan fingerprint density at radius 3 is 1.76 bits per heavy atom. The fraction of sp³-hybridized carbons (Fsp3) is 0.786. The molecule has 13 nitrogen and oxygen atoms in total. The average Bonchev–Trinajstić information content (AvgIpc) is 2.51. The Morgan fingerprint density at radius 1 is 1.07 bits per heavy atom. The van der Waals surface area contributed by atoms with Crippen LogP contribution in [0, 0.1) is 0 Å². The Bertz CT molecular complexity index is 634. The number of aliphatic hydroxyl groups is 2. The third kappa shape index (κ3) is 12.5. The second-order valence-electron chi connectivity index (χ2n) is 6.32. The summed E-state index contributed by atoms with van der Waals surface area (Å²) in [6.07, 6.45) is -3.35. The van der Waals surface area contributed by atoms with Crippen molar-refractivity contribution in [3.8, 4) is 0 Å². The predicted molar refractivity (Wildman–Crippen MR) is 101 cm³/mol. The molecule has 0 aliphatic carbocycles. The molecule has 0 aromatic carbocycles. The number of rotatable bonds is 9. The third-order valence-corrected chi connectivity index (χ3v) is 5.16. The Balaban J connectivity index is 0. The van der Waals surface area contributed by atoms with Gasteiger partial charge in [0.15, 0.2) is 5.60 Å². The van der Waals surface area contributed by atoms with Crippen LogP contribution in [0.1, 0.15) is 19.8 Å². The van der Waals surface area contributed by atoms with Gasteiger partial charge < -0.3 is 30.8 Å². The molecule has 1 rings (SSSR count). The average molecular weight is 454 g/mol. The van der Waals surface area contributed by atoms with Crippen LogP contribution in [-0.2, 0) is 24.5 Å². The van der Waals surface area contributed by atoms with Crippen molar-refractivity contribution in [2.24, 2.45) is 0 Å². The molecule has 1 saturated heterocycles. The molecule has 0 saturated carbocycles. The molecule has 0 spiro atoms. The molecule has 1 aliphatic heterocycles. The molecule has 0 aromatic heterocycles. The van der Waals surface area contributed by atoms with E-state index in [1.54, 1.807) is 0 Å². The van der Waals surface area contributed by atoms with Gasteiger partial charge in [-0.3, -0.25) is 19.0 Å². The first kappa shape index (κ1) is 30.4. The summed E-state index contributed by atoms with van der Waals surface area (Å²) in [5, 5.41) is 45.1. The van der Waals surface area contributed by atoms with Gasteiger partial charge in [-0.25, -0.2) is 4.79 Å². The first-order chi connectivity index (χ1) is 12.7. The summed E-state index contributed by atoms with van der Waals surface area (Å²) in [4.78, 5) is 32.4. The van der Waals surface area contributed by atoms with E-state index in [0.29, 0.717) is 0 Å². The predicted octanol–water partition coefficient (Wildman–Crippen LogP) is -3.37. The van der Waals surface area contributed by atoms with Gasteiger partial charge in [0, 0.05) is 32.7 Å². The molecular formula is C14H27N2NaO11S. The van der Waals surface area contributed by atoms with Crippen molar-refractivity contribution in [1.29, 1.82) is 0 Å². The molecule has 7 N–H and O–H groups in total. The summed E-state index contributed by atoms with van der Waals surface area (Å²) < 4.78 is 30.9. The second-order valence-corrected chi connectivity index (χ2v) is 7.96. The van der Waals surface area contributed by atoms with Crippen LogP contribution in [0.3, 0.4) is 0 Å². The second kappa shape index (κ2) is 13.5. The van der Waals surface area contributed by atoms with Gasteiger partial charge in [0.2, 0.25) is 0 Å². The van der Waals surface area contributed by atoms with E-state index in [-0.39, 0.29) is 36.1 Å².